The maximum atomic E-state index is 13.3. The Hall–Kier alpha value is -4.17. The summed E-state index contributed by atoms with van der Waals surface area (Å²) in [6.45, 7) is 15.6. The van der Waals surface area contributed by atoms with Crippen molar-refractivity contribution in [2.45, 2.75) is 150 Å². The van der Waals surface area contributed by atoms with Crippen molar-refractivity contribution in [1.82, 2.24) is 5.32 Å². The van der Waals surface area contributed by atoms with Crippen LogP contribution in [0.4, 0.5) is 4.79 Å². The summed E-state index contributed by atoms with van der Waals surface area (Å²) in [5, 5.41) is 12.7. The standard InChI is InChI=1S/C49H73NO7/c1-8-10-12-13-14-15-16-17-18-19-20-21-22-23-24-25-27-29-45(52)50-32-33-55-48(54)57-44-36-40(28-26-11-9-2)35-43(56-47(53)49(6,7)37-51)46(44)42-34-39(5)30-31-41(42)38(3)4/h14-15,17-18,20-21,23-24,34-36,41-42,51H,3,8-13,16,19,22,25-33,37H2,1-2,4-7H3,(H,50,52)/b15-14-,18-17-,21-20-,24-23-/t41-,42+/m0/s1. The molecule has 1 aromatic rings. The fourth-order valence-corrected chi connectivity index (χ4v) is 6.56. The Bertz CT molecular complexity index is 1550. The number of hydrogen-bond acceptors (Lipinski definition) is 7. The predicted octanol–water partition coefficient (Wildman–Crippen LogP) is 12.1. The number of unbranched alkanes of at least 4 members (excludes halogenated alkanes) is 6. The topological polar surface area (TPSA) is 111 Å². The summed E-state index contributed by atoms with van der Waals surface area (Å²) < 4.78 is 17.4. The highest BCUT2D eigenvalue weighted by molar-refractivity contribution is 5.79. The van der Waals surface area contributed by atoms with E-state index in [4.69, 9.17) is 14.2 Å². The Kier molecular flexibility index (Phi) is 24.3. The third-order valence-electron chi connectivity index (χ3n) is 10.2. The number of aliphatic hydroxyl groups is 1. The van der Waals surface area contributed by atoms with Crippen LogP contribution in [-0.4, -0.2) is 42.9 Å². The second-order valence-corrected chi connectivity index (χ2v) is 16.0. The van der Waals surface area contributed by atoms with Crippen LogP contribution < -0.4 is 14.8 Å². The molecule has 0 aliphatic heterocycles. The number of ether oxygens (including phenoxy) is 3. The van der Waals surface area contributed by atoms with Crippen LogP contribution in [0, 0.1) is 11.3 Å². The number of amides is 1. The first kappa shape index (κ1) is 49.0. The maximum absolute atomic E-state index is 13.3. The number of carbonyl (C=O) groups excluding carboxylic acids is 3. The molecule has 0 saturated heterocycles. The van der Waals surface area contributed by atoms with Crippen LogP contribution in [0.15, 0.2) is 84.5 Å². The van der Waals surface area contributed by atoms with Gasteiger partial charge in [0.1, 0.15) is 18.1 Å². The van der Waals surface area contributed by atoms with E-state index < -0.39 is 17.5 Å². The van der Waals surface area contributed by atoms with Gasteiger partial charge in [-0.3, -0.25) is 9.59 Å². The van der Waals surface area contributed by atoms with Crippen LogP contribution in [0.3, 0.4) is 0 Å². The van der Waals surface area contributed by atoms with E-state index in [0.29, 0.717) is 24.2 Å². The highest BCUT2D eigenvalue weighted by Crippen LogP contribution is 2.48. The molecular formula is C49H73NO7. The molecule has 2 rings (SSSR count). The molecule has 0 aromatic heterocycles. The van der Waals surface area contributed by atoms with Crippen LogP contribution >= 0.6 is 0 Å². The Morgan fingerprint density at radius 1 is 0.860 bits per heavy atom. The molecule has 1 aliphatic carbocycles. The Morgan fingerprint density at radius 3 is 2.04 bits per heavy atom. The predicted molar refractivity (Wildman–Crippen MR) is 234 cm³/mol. The molecule has 0 fully saturated rings. The lowest BCUT2D eigenvalue weighted by Gasteiger charge is -2.33. The van der Waals surface area contributed by atoms with Gasteiger partial charge in [-0.05, 0) is 122 Å². The molecule has 0 saturated carbocycles. The first-order valence-electron chi connectivity index (χ1n) is 21.5. The number of allylic oxidation sites excluding steroid dienone is 11. The van der Waals surface area contributed by atoms with Crippen molar-refractivity contribution in [2.24, 2.45) is 11.3 Å². The van der Waals surface area contributed by atoms with E-state index >= 15 is 0 Å². The van der Waals surface area contributed by atoms with Crippen molar-refractivity contribution in [3.05, 3.63) is 95.7 Å². The lowest BCUT2D eigenvalue weighted by molar-refractivity contribution is -0.146. The van der Waals surface area contributed by atoms with Crippen molar-refractivity contribution in [1.29, 1.82) is 0 Å². The van der Waals surface area contributed by atoms with Crippen LogP contribution in [0.2, 0.25) is 0 Å². The van der Waals surface area contributed by atoms with Crippen LogP contribution in [0.25, 0.3) is 0 Å². The largest absolute Gasteiger partial charge is 0.513 e. The van der Waals surface area contributed by atoms with E-state index in [1.165, 1.54) is 31.3 Å². The van der Waals surface area contributed by atoms with Crippen molar-refractivity contribution in [2.75, 3.05) is 19.8 Å². The Morgan fingerprint density at radius 2 is 1.44 bits per heavy atom. The molecular weight excluding hydrogens is 715 g/mol. The molecule has 57 heavy (non-hydrogen) atoms. The van der Waals surface area contributed by atoms with E-state index in [0.717, 1.165) is 75.3 Å². The average molecular weight is 788 g/mol. The molecule has 1 aliphatic rings. The van der Waals surface area contributed by atoms with Gasteiger partial charge in [-0.25, -0.2) is 4.79 Å². The molecule has 0 unspecified atom stereocenters. The minimum Gasteiger partial charge on any atom is -0.432 e. The van der Waals surface area contributed by atoms with Gasteiger partial charge in [0.25, 0.3) is 0 Å². The van der Waals surface area contributed by atoms with Crippen LogP contribution in [0.1, 0.15) is 155 Å². The van der Waals surface area contributed by atoms with E-state index in [2.05, 4.69) is 87.4 Å². The quantitative estimate of drug-likeness (QED) is 0.0300. The number of aliphatic hydroxyl groups excluding tert-OH is 1. The van der Waals surface area contributed by atoms with Gasteiger partial charge in [0.2, 0.25) is 5.91 Å². The fourth-order valence-electron chi connectivity index (χ4n) is 6.56. The molecule has 0 heterocycles. The molecule has 1 amide bonds. The highest BCUT2D eigenvalue weighted by Gasteiger charge is 2.35. The van der Waals surface area contributed by atoms with E-state index in [9.17, 15) is 19.5 Å². The highest BCUT2D eigenvalue weighted by atomic mass is 16.7. The van der Waals surface area contributed by atoms with Crippen molar-refractivity contribution >= 4 is 18.0 Å². The van der Waals surface area contributed by atoms with Gasteiger partial charge in [0.15, 0.2) is 0 Å². The summed E-state index contributed by atoms with van der Waals surface area (Å²) in [4.78, 5) is 39.0. The zero-order valence-electron chi connectivity index (χ0n) is 36.0. The Balaban J connectivity index is 1.95. The zero-order valence-corrected chi connectivity index (χ0v) is 36.0. The summed E-state index contributed by atoms with van der Waals surface area (Å²) in [6.07, 6.45) is 33.9. The molecule has 0 bridgehead atoms. The van der Waals surface area contributed by atoms with Crippen LogP contribution in [0.5, 0.6) is 11.5 Å². The smallest absolute Gasteiger partial charge is 0.432 e. The number of esters is 1. The average Bonchev–Trinajstić information content (AvgIpc) is 3.17. The first-order chi connectivity index (χ1) is 27.4. The second-order valence-electron chi connectivity index (χ2n) is 16.0. The minimum atomic E-state index is -1.14. The van der Waals surface area contributed by atoms with Gasteiger partial charge in [-0.15, -0.1) is 0 Å². The fraction of sp³-hybridized carbons (Fsp3) is 0.571. The number of carbonyl (C=O) groups is 3. The summed E-state index contributed by atoms with van der Waals surface area (Å²) >= 11 is 0. The molecule has 1 aromatic carbocycles. The summed E-state index contributed by atoms with van der Waals surface area (Å²) in [5.74, 6) is -0.352. The van der Waals surface area contributed by atoms with E-state index in [-0.39, 0.29) is 43.3 Å². The number of aryl methyl sites for hydroxylation is 1. The SMILES string of the molecule is C=C(C)[C@@H]1CCC(C)=C[C@H]1c1c(OC(=O)OCCNC(=O)CCC/C=C\C/C=C\C/C=C\C/C=C\CCCCC)cc(CCCCC)cc1OC(=O)C(C)(C)CO. The van der Waals surface area contributed by atoms with Gasteiger partial charge >= 0.3 is 12.1 Å². The number of nitrogens with one attached hydrogen (secondary N) is 1. The lowest BCUT2D eigenvalue weighted by Crippen LogP contribution is -2.33. The summed E-state index contributed by atoms with van der Waals surface area (Å²) in [6, 6.07) is 3.70. The number of rotatable bonds is 27. The number of benzene rings is 1. The van der Waals surface area contributed by atoms with E-state index in [1.54, 1.807) is 13.8 Å². The van der Waals surface area contributed by atoms with Gasteiger partial charge in [0.05, 0.1) is 18.6 Å². The molecule has 8 heteroatoms. The van der Waals surface area contributed by atoms with Gasteiger partial charge in [0, 0.05) is 17.9 Å². The molecule has 8 nitrogen and oxygen atoms in total. The second kappa shape index (κ2) is 28.3. The molecule has 0 radical (unpaired) electrons. The molecule has 316 valence electrons. The molecule has 2 N–H and O–H groups in total. The summed E-state index contributed by atoms with van der Waals surface area (Å²) in [7, 11) is 0. The zero-order chi connectivity index (χ0) is 41.9. The van der Waals surface area contributed by atoms with Gasteiger partial charge in [-0.1, -0.05) is 112 Å². The monoisotopic (exact) mass is 788 g/mol. The van der Waals surface area contributed by atoms with Crippen molar-refractivity contribution in [3.8, 4) is 11.5 Å². The lowest BCUT2D eigenvalue weighted by atomic mass is 9.73. The third-order valence-corrected chi connectivity index (χ3v) is 10.2. The molecule has 0 spiro atoms. The van der Waals surface area contributed by atoms with Crippen molar-refractivity contribution < 1.29 is 33.7 Å². The van der Waals surface area contributed by atoms with Gasteiger partial charge < -0.3 is 24.6 Å². The third kappa shape index (κ3) is 19.7. The Labute approximate surface area is 344 Å². The maximum Gasteiger partial charge on any atom is 0.513 e. The normalized spacial score (nSPS) is 16.1. The first-order valence-corrected chi connectivity index (χ1v) is 21.5. The van der Waals surface area contributed by atoms with E-state index in [1.807, 2.05) is 19.1 Å². The number of hydrogen-bond donors (Lipinski definition) is 2. The molecule has 2 atom stereocenters. The van der Waals surface area contributed by atoms with Crippen molar-refractivity contribution in [3.63, 3.8) is 0 Å². The summed E-state index contributed by atoms with van der Waals surface area (Å²) in [5.41, 5.74) is 2.46. The van der Waals surface area contributed by atoms with Crippen LogP contribution in [-0.2, 0) is 20.7 Å². The minimum absolute atomic E-state index is 0.0268. The van der Waals surface area contributed by atoms with Gasteiger partial charge in [-0.2, -0.15) is 0 Å².